The van der Waals surface area contributed by atoms with Crippen molar-refractivity contribution >= 4 is 29.0 Å². The maximum absolute atomic E-state index is 12.4. The highest BCUT2D eigenvalue weighted by Crippen LogP contribution is 2.20. The normalized spacial score (nSPS) is 11.3. The molecule has 1 N–H and O–H groups in total. The highest BCUT2D eigenvalue weighted by atomic mass is 32.2. The predicted octanol–water partition coefficient (Wildman–Crippen LogP) is 4.13. The fraction of sp³-hybridized carbons (Fsp3) is 0.684. The van der Waals surface area contributed by atoms with Crippen LogP contribution in [0.25, 0.3) is 0 Å². The first-order valence-corrected chi connectivity index (χ1v) is 11.7. The molecule has 0 atom stereocenters. The van der Waals surface area contributed by atoms with Gasteiger partial charge >= 0.3 is 0 Å². The van der Waals surface area contributed by atoms with Gasteiger partial charge in [-0.3, -0.25) is 4.79 Å². The molecule has 6 nitrogen and oxygen atoms in total. The smallest absolute Gasteiger partial charge is 0.263 e. The van der Waals surface area contributed by atoms with Crippen molar-refractivity contribution in [2.45, 2.75) is 71.5 Å². The second-order valence-corrected chi connectivity index (χ2v) is 8.95. The van der Waals surface area contributed by atoms with Crippen molar-refractivity contribution in [3.63, 3.8) is 0 Å². The topological polar surface area (TPSA) is 72.7 Å². The zero-order chi connectivity index (χ0) is 19.8. The van der Waals surface area contributed by atoms with Gasteiger partial charge in [-0.1, -0.05) is 39.0 Å². The van der Waals surface area contributed by atoms with Crippen molar-refractivity contribution in [1.82, 2.24) is 25.1 Å². The maximum Gasteiger partial charge on any atom is 0.263 e. The van der Waals surface area contributed by atoms with Crippen molar-refractivity contribution in [2.24, 2.45) is 5.92 Å². The molecule has 2 heterocycles. The molecule has 2 aromatic heterocycles. The summed E-state index contributed by atoms with van der Waals surface area (Å²) in [5.74, 6) is 1.53. The van der Waals surface area contributed by atoms with Crippen LogP contribution >= 0.6 is 23.1 Å². The lowest BCUT2D eigenvalue weighted by atomic mass is 10.2. The number of carbonyl (C=O) groups excluding carboxylic acids is 1. The second-order valence-electron chi connectivity index (χ2n) is 7.09. The van der Waals surface area contributed by atoms with Crippen LogP contribution in [0.5, 0.6) is 0 Å². The summed E-state index contributed by atoms with van der Waals surface area (Å²) in [5.41, 5.74) is 0.838. The number of amides is 1. The van der Waals surface area contributed by atoms with Gasteiger partial charge in [-0.2, -0.15) is 0 Å². The zero-order valence-electron chi connectivity index (χ0n) is 17.0. The number of aryl methyl sites for hydroxylation is 3. The maximum atomic E-state index is 12.4. The van der Waals surface area contributed by atoms with Crippen molar-refractivity contribution in [2.75, 3.05) is 12.8 Å². The minimum absolute atomic E-state index is 0.0128. The van der Waals surface area contributed by atoms with Crippen molar-refractivity contribution in [3.8, 4) is 0 Å². The minimum atomic E-state index is -0.0128. The Labute approximate surface area is 170 Å². The molecule has 0 saturated carbocycles. The van der Waals surface area contributed by atoms with Gasteiger partial charge in [0.2, 0.25) is 0 Å². The molecule has 0 radical (unpaired) electrons. The largest absolute Gasteiger partial charge is 0.351 e. The van der Waals surface area contributed by atoms with E-state index in [2.05, 4.69) is 45.8 Å². The van der Waals surface area contributed by atoms with Gasteiger partial charge in [0.15, 0.2) is 5.16 Å². The average Bonchev–Trinajstić information content (AvgIpc) is 3.19. The van der Waals surface area contributed by atoms with Crippen molar-refractivity contribution in [3.05, 3.63) is 21.4 Å². The summed E-state index contributed by atoms with van der Waals surface area (Å²) in [5, 5.41) is 13.7. The Hall–Kier alpha value is -1.41. The van der Waals surface area contributed by atoms with Crippen LogP contribution < -0.4 is 5.32 Å². The number of thioether (sulfide) groups is 1. The number of hydrogen-bond acceptors (Lipinski definition) is 6. The number of carbonyl (C=O) groups is 1. The predicted molar refractivity (Wildman–Crippen MR) is 113 cm³/mol. The Morgan fingerprint density at radius 1 is 1.26 bits per heavy atom. The van der Waals surface area contributed by atoms with E-state index in [1.807, 2.05) is 13.2 Å². The van der Waals surface area contributed by atoms with Gasteiger partial charge in [-0.15, -0.1) is 21.5 Å². The molecule has 0 unspecified atom stereocenters. The van der Waals surface area contributed by atoms with Gasteiger partial charge in [-0.25, -0.2) is 4.98 Å². The van der Waals surface area contributed by atoms with Crippen LogP contribution in [0.2, 0.25) is 0 Å². The molecule has 27 heavy (non-hydrogen) atoms. The lowest BCUT2D eigenvalue weighted by Gasteiger charge is -2.11. The van der Waals surface area contributed by atoms with Crippen LogP contribution in [0.15, 0.2) is 5.16 Å². The third-order valence-electron chi connectivity index (χ3n) is 4.18. The lowest BCUT2D eigenvalue weighted by Crippen LogP contribution is -2.25. The summed E-state index contributed by atoms with van der Waals surface area (Å²) < 4.78 is 2.20. The van der Waals surface area contributed by atoms with E-state index >= 15 is 0 Å². The molecular formula is C19H31N5OS2. The van der Waals surface area contributed by atoms with Crippen LogP contribution in [-0.4, -0.2) is 38.5 Å². The molecule has 0 spiro atoms. The van der Waals surface area contributed by atoms with Crippen LogP contribution in [-0.2, 0) is 19.4 Å². The van der Waals surface area contributed by atoms with Gasteiger partial charge in [0, 0.05) is 19.5 Å². The Kier molecular flexibility index (Phi) is 8.76. The van der Waals surface area contributed by atoms with E-state index in [1.165, 1.54) is 11.3 Å². The van der Waals surface area contributed by atoms with Crippen LogP contribution in [0.1, 0.15) is 66.2 Å². The Balaban J connectivity index is 1.86. The number of nitrogens with one attached hydrogen (secondary N) is 1. The first-order chi connectivity index (χ1) is 13.0. The molecule has 8 heteroatoms. The molecule has 0 bridgehead atoms. The van der Waals surface area contributed by atoms with Gasteiger partial charge in [0.05, 0.1) is 10.7 Å². The van der Waals surface area contributed by atoms with Crippen LogP contribution in [0.4, 0.5) is 0 Å². The summed E-state index contributed by atoms with van der Waals surface area (Å²) in [6, 6.07) is 0. The van der Waals surface area contributed by atoms with E-state index in [-0.39, 0.29) is 5.91 Å². The quantitative estimate of drug-likeness (QED) is 0.446. The van der Waals surface area contributed by atoms with E-state index in [9.17, 15) is 4.79 Å². The minimum Gasteiger partial charge on any atom is -0.351 e. The third-order valence-corrected chi connectivity index (χ3v) is 6.06. The number of nitrogens with zero attached hydrogens (tertiary/aromatic N) is 4. The standard InChI is InChI=1S/C19H31N5OS2/c1-6-7-10-16-21-14(4)17(27-16)18(25)20-11-8-9-15-22-23-19(26-5)24(15)12-13(2)3/h13H,6-12H2,1-5H3,(H,20,25). The number of rotatable bonds is 11. The fourth-order valence-electron chi connectivity index (χ4n) is 2.83. The highest BCUT2D eigenvalue weighted by Gasteiger charge is 2.16. The zero-order valence-corrected chi connectivity index (χ0v) is 18.7. The summed E-state index contributed by atoms with van der Waals surface area (Å²) in [6.07, 6.45) is 6.89. The molecule has 0 aromatic carbocycles. The molecule has 0 fully saturated rings. The van der Waals surface area contributed by atoms with E-state index in [1.54, 1.807) is 11.8 Å². The Morgan fingerprint density at radius 3 is 2.70 bits per heavy atom. The van der Waals surface area contributed by atoms with Gasteiger partial charge in [0.1, 0.15) is 10.7 Å². The number of thiazole rings is 1. The summed E-state index contributed by atoms with van der Waals surface area (Å²) in [7, 11) is 0. The van der Waals surface area contributed by atoms with E-state index in [0.29, 0.717) is 12.5 Å². The molecule has 0 aliphatic rings. The molecule has 2 rings (SSSR count). The first-order valence-electron chi connectivity index (χ1n) is 9.66. The molecule has 1 amide bonds. The Bertz CT molecular complexity index is 739. The van der Waals surface area contributed by atoms with E-state index in [4.69, 9.17) is 0 Å². The van der Waals surface area contributed by atoms with Crippen LogP contribution in [0, 0.1) is 12.8 Å². The van der Waals surface area contributed by atoms with Crippen molar-refractivity contribution in [1.29, 1.82) is 0 Å². The number of hydrogen-bond donors (Lipinski definition) is 1. The van der Waals surface area contributed by atoms with E-state index < -0.39 is 0 Å². The first kappa shape index (κ1) is 21.9. The van der Waals surface area contributed by atoms with Gasteiger partial charge < -0.3 is 9.88 Å². The lowest BCUT2D eigenvalue weighted by molar-refractivity contribution is 0.0956. The third kappa shape index (κ3) is 6.31. The molecular weight excluding hydrogens is 378 g/mol. The highest BCUT2D eigenvalue weighted by molar-refractivity contribution is 7.98. The summed E-state index contributed by atoms with van der Waals surface area (Å²) >= 11 is 3.15. The molecule has 0 aliphatic heterocycles. The summed E-state index contributed by atoms with van der Waals surface area (Å²) in [6.45, 7) is 10.0. The fourth-order valence-corrected chi connectivity index (χ4v) is 4.38. The SMILES string of the molecule is CCCCc1nc(C)c(C(=O)NCCCc2nnc(SC)n2CC(C)C)s1. The van der Waals surface area contributed by atoms with Gasteiger partial charge in [-0.05, 0) is 38.4 Å². The van der Waals surface area contributed by atoms with Crippen LogP contribution in [0.3, 0.4) is 0 Å². The monoisotopic (exact) mass is 409 g/mol. The average molecular weight is 410 g/mol. The van der Waals surface area contributed by atoms with Gasteiger partial charge in [0.25, 0.3) is 5.91 Å². The second kappa shape index (κ2) is 10.8. The molecule has 2 aromatic rings. The van der Waals surface area contributed by atoms with E-state index in [0.717, 1.165) is 65.2 Å². The molecule has 150 valence electrons. The molecule has 0 aliphatic carbocycles. The number of aromatic nitrogens is 4. The van der Waals surface area contributed by atoms with Crippen molar-refractivity contribution < 1.29 is 4.79 Å². The summed E-state index contributed by atoms with van der Waals surface area (Å²) in [4.78, 5) is 17.7. The Morgan fingerprint density at radius 2 is 2.04 bits per heavy atom. The molecule has 0 saturated heterocycles. The number of unbranched alkanes of at least 4 members (excludes halogenated alkanes) is 1.